The van der Waals surface area contributed by atoms with Gasteiger partial charge in [0.05, 0.1) is 0 Å². The van der Waals surface area contributed by atoms with Crippen molar-refractivity contribution in [2.24, 2.45) is 0 Å². The minimum Gasteiger partial charge on any atom is -0.224 e. The van der Waals surface area contributed by atoms with Gasteiger partial charge < -0.3 is 0 Å². The van der Waals surface area contributed by atoms with Crippen molar-refractivity contribution >= 4 is 39.1 Å². The number of aromatic nitrogens is 1. The number of halogens is 3. The Kier molecular flexibility index (Phi) is 3.61. The summed E-state index contributed by atoms with van der Waals surface area (Å²) in [6.07, 6.45) is 0. The van der Waals surface area contributed by atoms with E-state index < -0.39 is 0 Å². The fourth-order valence-electron chi connectivity index (χ4n) is 0.933. The third-order valence-corrected chi connectivity index (χ3v) is 3.67. The van der Waals surface area contributed by atoms with Gasteiger partial charge in [0, 0.05) is 5.33 Å². The van der Waals surface area contributed by atoms with E-state index in [9.17, 15) is 0 Å². The Balaban J connectivity index is 3.15. The quantitative estimate of drug-likeness (QED) is 0.589. The van der Waals surface area contributed by atoms with Gasteiger partial charge in [-0.15, -0.1) is 0 Å². The predicted molar refractivity (Wildman–Crippen MR) is 61.1 cm³/mol. The highest BCUT2D eigenvalue weighted by Crippen LogP contribution is 2.28. The maximum absolute atomic E-state index is 5.80. The first kappa shape index (κ1) is 11.3. The second-order valence-electron chi connectivity index (χ2n) is 3.52. The molecule has 0 unspecified atom stereocenters. The molecule has 0 saturated carbocycles. The van der Waals surface area contributed by atoms with Gasteiger partial charge in [-0.2, -0.15) is 0 Å². The Morgan fingerprint density at radius 3 is 2.15 bits per heavy atom. The molecule has 1 aromatic rings. The van der Waals surface area contributed by atoms with Crippen LogP contribution in [0.25, 0.3) is 0 Å². The molecule has 0 spiro atoms. The molecule has 0 amide bonds. The van der Waals surface area contributed by atoms with E-state index >= 15 is 0 Å². The van der Waals surface area contributed by atoms with Gasteiger partial charge in [-0.25, -0.2) is 4.98 Å². The molecule has 1 nitrogen and oxygen atoms in total. The molecule has 0 radical (unpaired) electrons. The van der Waals surface area contributed by atoms with E-state index in [1.165, 1.54) is 0 Å². The van der Waals surface area contributed by atoms with Crippen molar-refractivity contribution in [2.45, 2.75) is 19.3 Å². The van der Waals surface area contributed by atoms with E-state index in [-0.39, 0.29) is 5.41 Å². The van der Waals surface area contributed by atoms with Crippen LogP contribution in [0.4, 0.5) is 0 Å². The highest BCUT2D eigenvalue weighted by molar-refractivity contribution is 9.09. The molecule has 0 N–H and O–H groups in total. The van der Waals surface area contributed by atoms with Gasteiger partial charge in [0.15, 0.2) is 0 Å². The molecule has 1 aromatic heterocycles. The van der Waals surface area contributed by atoms with Crippen molar-refractivity contribution in [1.82, 2.24) is 4.98 Å². The summed E-state index contributed by atoms with van der Waals surface area (Å²) in [5, 5.41) is 1.74. The lowest BCUT2D eigenvalue weighted by molar-refractivity contribution is 0.606. The molecule has 0 atom stereocenters. The van der Waals surface area contributed by atoms with Crippen molar-refractivity contribution in [2.75, 3.05) is 5.33 Å². The lowest BCUT2D eigenvalue weighted by Crippen LogP contribution is -2.18. The molecule has 0 aliphatic rings. The van der Waals surface area contributed by atoms with Crippen molar-refractivity contribution < 1.29 is 0 Å². The maximum Gasteiger partial charge on any atom is 0.131 e. The van der Waals surface area contributed by atoms with Gasteiger partial charge in [-0.3, -0.25) is 0 Å². The molecule has 0 saturated heterocycles. The molecule has 0 aliphatic heterocycles. The minimum atomic E-state index is 0.0240. The van der Waals surface area contributed by atoms with Crippen LogP contribution in [-0.4, -0.2) is 10.3 Å². The third-order valence-electron chi connectivity index (χ3n) is 1.88. The molecule has 0 aliphatic carbocycles. The number of hydrogen-bond donors (Lipinski definition) is 0. The van der Waals surface area contributed by atoms with Crippen LogP contribution in [0.1, 0.15) is 19.4 Å². The summed E-state index contributed by atoms with van der Waals surface area (Å²) in [6, 6.07) is 3.68. The number of nitrogens with zero attached hydrogens (tertiary/aromatic N) is 1. The van der Waals surface area contributed by atoms with Crippen molar-refractivity contribution in [3.63, 3.8) is 0 Å². The number of alkyl halides is 1. The molecule has 0 bridgehead atoms. The number of hydrogen-bond acceptors (Lipinski definition) is 1. The van der Waals surface area contributed by atoms with E-state index in [1.54, 1.807) is 0 Å². The standard InChI is InChI=1S/C9H10BrCl2N/c1-9(2,5-10)6-3-7(11)13-8(12)4-6/h3-4H,5H2,1-2H3. The Bertz CT molecular complexity index is 292. The molecule has 13 heavy (non-hydrogen) atoms. The zero-order valence-electron chi connectivity index (χ0n) is 7.44. The Labute approximate surface area is 96.6 Å². The largest absolute Gasteiger partial charge is 0.224 e. The van der Waals surface area contributed by atoms with Crippen LogP contribution in [0.3, 0.4) is 0 Å². The fraction of sp³-hybridized carbons (Fsp3) is 0.444. The highest BCUT2D eigenvalue weighted by Gasteiger charge is 2.20. The van der Waals surface area contributed by atoms with Crippen LogP contribution < -0.4 is 0 Å². The molecule has 1 heterocycles. The van der Waals surface area contributed by atoms with Gasteiger partial charge in [-0.1, -0.05) is 53.0 Å². The molecule has 4 heteroatoms. The lowest BCUT2D eigenvalue weighted by atomic mass is 9.88. The predicted octanol–water partition coefficient (Wildman–Crippen LogP) is 4.06. The smallest absolute Gasteiger partial charge is 0.131 e. The van der Waals surface area contributed by atoms with Crippen molar-refractivity contribution in [3.8, 4) is 0 Å². The van der Waals surface area contributed by atoms with Crippen LogP contribution in [0.2, 0.25) is 10.3 Å². The summed E-state index contributed by atoms with van der Waals surface area (Å²) in [5.41, 5.74) is 1.12. The Hall–Kier alpha value is 0.210. The van der Waals surface area contributed by atoms with Gasteiger partial charge in [0.2, 0.25) is 0 Å². The maximum atomic E-state index is 5.80. The van der Waals surface area contributed by atoms with E-state index in [0.717, 1.165) is 10.9 Å². The third kappa shape index (κ3) is 2.83. The SMILES string of the molecule is CC(C)(CBr)c1cc(Cl)nc(Cl)c1. The van der Waals surface area contributed by atoms with Crippen LogP contribution in [0, 0.1) is 0 Å². The van der Waals surface area contributed by atoms with Gasteiger partial charge in [0.1, 0.15) is 10.3 Å². The summed E-state index contributed by atoms with van der Waals surface area (Å²) in [6.45, 7) is 4.23. The zero-order valence-corrected chi connectivity index (χ0v) is 10.5. The zero-order chi connectivity index (χ0) is 10.1. The lowest BCUT2D eigenvalue weighted by Gasteiger charge is -2.22. The summed E-state index contributed by atoms with van der Waals surface area (Å²) >= 11 is 15.1. The first-order chi connectivity index (χ1) is 5.95. The first-order valence-electron chi connectivity index (χ1n) is 3.85. The minimum absolute atomic E-state index is 0.0240. The highest BCUT2D eigenvalue weighted by atomic mass is 79.9. The Morgan fingerprint density at radius 2 is 1.77 bits per heavy atom. The first-order valence-corrected chi connectivity index (χ1v) is 5.73. The van der Waals surface area contributed by atoms with E-state index in [1.807, 2.05) is 12.1 Å². The van der Waals surface area contributed by atoms with Gasteiger partial charge >= 0.3 is 0 Å². The summed E-state index contributed by atoms with van der Waals surface area (Å²) in [4.78, 5) is 3.90. The fourth-order valence-corrected chi connectivity index (χ4v) is 1.72. The molecule has 0 fully saturated rings. The van der Waals surface area contributed by atoms with Crippen molar-refractivity contribution in [3.05, 3.63) is 28.0 Å². The van der Waals surface area contributed by atoms with E-state index in [4.69, 9.17) is 23.2 Å². The summed E-state index contributed by atoms with van der Waals surface area (Å²) in [5.74, 6) is 0. The molecule has 1 rings (SSSR count). The topological polar surface area (TPSA) is 12.9 Å². The van der Waals surface area contributed by atoms with E-state index in [0.29, 0.717) is 10.3 Å². The van der Waals surface area contributed by atoms with Crippen LogP contribution in [0.15, 0.2) is 12.1 Å². The summed E-state index contributed by atoms with van der Waals surface area (Å²) in [7, 11) is 0. The normalized spacial score (nSPS) is 11.8. The van der Waals surface area contributed by atoms with E-state index in [2.05, 4.69) is 34.8 Å². The second-order valence-corrected chi connectivity index (χ2v) is 4.85. The average molecular weight is 283 g/mol. The summed E-state index contributed by atoms with van der Waals surface area (Å²) < 4.78 is 0. The number of pyridine rings is 1. The Morgan fingerprint density at radius 1 is 1.31 bits per heavy atom. The van der Waals surface area contributed by atoms with Crippen molar-refractivity contribution in [1.29, 1.82) is 0 Å². The molecular formula is C9H10BrCl2N. The monoisotopic (exact) mass is 281 g/mol. The van der Waals surface area contributed by atoms with Gasteiger partial charge in [-0.05, 0) is 23.1 Å². The molecule has 0 aromatic carbocycles. The van der Waals surface area contributed by atoms with Gasteiger partial charge in [0.25, 0.3) is 0 Å². The molecular weight excluding hydrogens is 273 g/mol. The molecule has 72 valence electrons. The van der Waals surface area contributed by atoms with Crippen LogP contribution in [0.5, 0.6) is 0 Å². The second kappa shape index (κ2) is 4.16. The number of rotatable bonds is 2. The van der Waals surface area contributed by atoms with Crippen LogP contribution >= 0.6 is 39.1 Å². The van der Waals surface area contributed by atoms with Crippen LogP contribution in [-0.2, 0) is 5.41 Å². The average Bonchev–Trinajstić information content (AvgIpc) is 2.02.